The fourth-order valence-electron chi connectivity index (χ4n) is 3.43. The summed E-state index contributed by atoms with van der Waals surface area (Å²) in [5, 5.41) is 11.7. The van der Waals surface area contributed by atoms with E-state index in [0.717, 1.165) is 35.0 Å². The lowest BCUT2D eigenvalue weighted by Gasteiger charge is -2.35. The van der Waals surface area contributed by atoms with Gasteiger partial charge in [0, 0.05) is 11.4 Å². The lowest BCUT2D eigenvalue weighted by molar-refractivity contribution is -0.131. The van der Waals surface area contributed by atoms with Gasteiger partial charge in [-0.15, -0.1) is 32.9 Å². The Morgan fingerprint density at radius 1 is 1.41 bits per heavy atom. The number of nitrogens with zero attached hydrogens (tertiary/aromatic N) is 4. The molecule has 9 heteroatoms. The number of aromatic nitrogens is 3. The van der Waals surface area contributed by atoms with Crippen molar-refractivity contribution in [3.63, 3.8) is 0 Å². The zero-order valence-corrected chi connectivity index (χ0v) is 17.8. The molecular formula is C18H20N4O2S3. The van der Waals surface area contributed by atoms with Crippen molar-refractivity contribution in [2.75, 3.05) is 12.3 Å². The summed E-state index contributed by atoms with van der Waals surface area (Å²) in [5.41, 5.74) is 2.20. The fourth-order valence-corrected chi connectivity index (χ4v) is 5.85. The van der Waals surface area contributed by atoms with E-state index in [0.29, 0.717) is 16.9 Å². The number of thioether (sulfide) groups is 1. The van der Waals surface area contributed by atoms with Crippen molar-refractivity contribution in [1.29, 1.82) is 0 Å². The molecule has 0 aliphatic carbocycles. The first-order valence-corrected chi connectivity index (χ1v) is 11.5. The van der Waals surface area contributed by atoms with Gasteiger partial charge < -0.3 is 9.32 Å². The number of carbonyl (C=O) groups is 1. The summed E-state index contributed by atoms with van der Waals surface area (Å²) in [6.45, 7) is 6.79. The summed E-state index contributed by atoms with van der Waals surface area (Å²) >= 11 is 4.63. The van der Waals surface area contributed by atoms with E-state index in [1.54, 1.807) is 11.3 Å². The van der Waals surface area contributed by atoms with Crippen LogP contribution >= 0.6 is 34.4 Å². The largest absolute Gasteiger partial charge is 0.410 e. The molecule has 1 unspecified atom stereocenters. The number of aryl methyl sites for hydroxylation is 2. The van der Waals surface area contributed by atoms with E-state index in [2.05, 4.69) is 33.6 Å². The third-order valence-electron chi connectivity index (χ3n) is 4.63. The number of thiophene rings is 1. The van der Waals surface area contributed by atoms with Gasteiger partial charge in [0.05, 0.1) is 22.5 Å². The maximum Gasteiger partial charge on any atom is 0.277 e. The Hall–Kier alpha value is -1.71. The van der Waals surface area contributed by atoms with Crippen LogP contribution in [0.1, 0.15) is 40.5 Å². The Labute approximate surface area is 170 Å². The highest BCUT2D eigenvalue weighted by Gasteiger charge is 2.30. The van der Waals surface area contributed by atoms with Crippen LogP contribution < -0.4 is 0 Å². The summed E-state index contributed by atoms with van der Waals surface area (Å²) in [4.78, 5) is 21.5. The molecule has 6 nitrogen and oxygen atoms in total. The van der Waals surface area contributed by atoms with Crippen LogP contribution in [0, 0.1) is 13.8 Å². The highest BCUT2D eigenvalue weighted by Crippen LogP contribution is 2.36. The zero-order chi connectivity index (χ0) is 19.0. The van der Waals surface area contributed by atoms with E-state index in [-0.39, 0.29) is 11.9 Å². The van der Waals surface area contributed by atoms with Crippen LogP contribution in [0.2, 0.25) is 0 Å². The third kappa shape index (κ3) is 3.68. The monoisotopic (exact) mass is 420 g/mol. The third-order valence-corrected chi connectivity index (χ3v) is 7.49. The molecule has 0 saturated carbocycles. The Morgan fingerprint density at radius 2 is 2.26 bits per heavy atom. The molecule has 1 aliphatic rings. The van der Waals surface area contributed by atoms with Crippen LogP contribution in [0.25, 0.3) is 10.8 Å². The molecule has 0 radical (unpaired) electrons. The van der Waals surface area contributed by atoms with Gasteiger partial charge in [0.1, 0.15) is 4.88 Å². The molecule has 0 aromatic carbocycles. The van der Waals surface area contributed by atoms with Gasteiger partial charge in [-0.05, 0) is 43.7 Å². The van der Waals surface area contributed by atoms with Crippen LogP contribution in [-0.4, -0.2) is 38.3 Å². The van der Waals surface area contributed by atoms with Crippen molar-refractivity contribution in [1.82, 2.24) is 20.1 Å². The van der Waals surface area contributed by atoms with Crippen molar-refractivity contribution >= 4 is 40.3 Å². The van der Waals surface area contributed by atoms with Gasteiger partial charge in [0.2, 0.25) is 5.91 Å². The molecule has 0 bridgehead atoms. The lowest BCUT2D eigenvalue weighted by Crippen LogP contribution is -2.40. The topological polar surface area (TPSA) is 72.1 Å². The molecule has 0 fully saturated rings. The van der Waals surface area contributed by atoms with Gasteiger partial charge in [0.15, 0.2) is 0 Å². The standard InChI is InChI=1S/C18H20N4O2S3/c1-4-13-12-6-8-25-14(12)5-7-22(13)15(23)9-26-18-21-20-17(24-18)16-10(2)19-11(3)27-16/h6,8,13H,4-5,7,9H2,1-3H3. The van der Waals surface area contributed by atoms with Crippen LogP contribution in [0.3, 0.4) is 0 Å². The molecule has 27 heavy (non-hydrogen) atoms. The van der Waals surface area contributed by atoms with E-state index in [9.17, 15) is 4.79 Å². The molecule has 1 amide bonds. The Balaban J connectivity index is 1.42. The first-order valence-electron chi connectivity index (χ1n) is 8.83. The maximum atomic E-state index is 12.8. The van der Waals surface area contributed by atoms with Crippen molar-refractivity contribution < 1.29 is 9.21 Å². The minimum Gasteiger partial charge on any atom is -0.410 e. The molecule has 0 saturated heterocycles. The van der Waals surface area contributed by atoms with Crippen LogP contribution in [0.5, 0.6) is 0 Å². The quantitative estimate of drug-likeness (QED) is 0.566. The lowest BCUT2D eigenvalue weighted by atomic mass is 9.98. The molecule has 142 valence electrons. The molecule has 3 aromatic rings. The highest BCUT2D eigenvalue weighted by molar-refractivity contribution is 7.99. The van der Waals surface area contributed by atoms with Gasteiger partial charge >= 0.3 is 0 Å². The summed E-state index contributed by atoms with van der Waals surface area (Å²) in [6, 6.07) is 2.33. The van der Waals surface area contributed by atoms with Crippen molar-refractivity contribution in [3.8, 4) is 10.8 Å². The van der Waals surface area contributed by atoms with E-state index < -0.39 is 0 Å². The Bertz CT molecular complexity index is 962. The van der Waals surface area contributed by atoms with Crippen molar-refractivity contribution in [3.05, 3.63) is 32.6 Å². The number of hydrogen-bond donors (Lipinski definition) is 0. The number of rotatable bonds is 5. The summed E-state index contributed by atoms with van der Waals surface area (Å²) in [6.07, 6.45) is 1.86. The number of hydrogen-bond acceptors (Lipinski definition) is 8. The molecule has 1 aliphatic heterocycles. The zero-order valence-electron chi connectivity index (χ0n) is 15.4. The summed E-state index contributed by atoms with van der Waals surface area (Å²) in [7, 11) is 0. The predicted molar refractivity (Wildman–Crippen MR) is 108 cm³/mol. The first-order chi connectivity index (χ1) is 13.1. The maximum absolute atomic E-state index is 12.8. The van der Waals surface area contributed by atoms with E-state index in [1.807, 2.05) is 18.7 Å². The molecule has 0 spiro atoms. The Kier molecular flexibility index (Phi) is 5.34. The average Bonchev–Trinajstić information content (AvgIpc) is 3.38. The predicted octanol–water partition coefficient (Wildman–Crippen LogP) is 4.50. The van der Waals surface area contributed by atoms with E-state index >= 15 is 0 Å². The first kappa shape index (κ1) is 18.6. The molecule has 4 heterocycles. The second-order valence-corrected chi connectivity index (χ2v) is 9.50. The fraction of sp³-hybridized carbons (Fsp3) is 0.444. The second-order valence-electron chi connectivity index (χ2n) is 6.37. The summed E-state index contributed by atoms with van der Waals surface area (Å²) in [5.74, 6) is 0.895. The molecule has 0 N–H and O–H groups in total. The molecular weight excluding hydrogens is 400 g/mol. The average molecular weight is 421 g/mol. The van der Waals surface area contributed by atoms with Crippen molar-refractivity contribution in [2.24, 2.45) is 0 Å². The van der Waals surface area contributed by atoms with Crippen LogP contribution in [0.15, 0.2) is 21.1 Å². The second kappa shape index (κ2) is 7.73. The van der Waals surface area contributed by atoms with Crippen molar-refractivity contribution in [2.45, 2.75) is 44.9 Å². The molecule has 1 atom stereocenters. The van der Waals surface area contributed by atoms with Gasteiger partial charge in [-0.1, -0.05) is 18.7 Å². The van der Waals surface area contributed by atoms with Gasteiger partial charge in [0.25, 0.3) is 11.1 Å². The minimum absolute atomic E-state index is 0.119. The molecule has 4 rings (SSSR count). The molecule has 3 aromatic heterocycles. The van der Waals surface area contributed by atoms with Gasteiger partial charge in [-0.25, -0.2) is 4.98 Å². The van der Waals surface area contributed by atoms with Crippen LogP contribution in [-0.2, 0) is 11.2 Å². The summed E-state index contributed by atoms with van der Waals surface area (Å²) < 4.78 is 5.74. The minimum atomic E-state index is 0.119. The number of carbonyl (C=O) groups excluding carboxylic acids is 1. The number of amides is 1. The number of thiazole rings is 1. The van der Waals surface area contributed by atoms with E-state index in [1.165, 1.54) is 33.5 Å². The van der Waals surface area contributed by atoms with Gasteiger partial charge in [-0.2, -0.15) is 0 Å². The smallest absolute Gasteiger partial charge is 0.277 e. The van der Waals surface area contributed by atoms with Gasteiger partial charge in [-0.3, -0.25) is 4.79 Å². The number of fused-ring (bicyclic) bond motifs is 1. The SMILES string of the molecule is CCC1c2ccsc2CCN1C(=O)CSc1nnc(-c2sc(C)nc2C)o1. The highest BCUT2D eigenvalue weighted by atomic mass is 32.2. The van der Waals surface area contributed by atoms with Crippen LogP contribution in [0.4, 0.5) is 0 Å². The van der Waals surface area contributed by atoms with E-state index in [4.69, 9.17) is 4.42 Å². The Morgan fingerprint density at radius 3 is 3.00 bits per heavy atom. The normalized spacial score (nSPS) is 16.6.